The standard InChI is InChI=1S/C30H29N5O2/c1-5-25-32-27-17(2)14-18(3)31-29(27)35(25)16-20-10-13-24-22(15-20)12-11-21-8-6-7-9-23(21)26(24)19(4)28-33-30(36)37-34-28/h6-10,13-15H,5,11-12,16H2,1-4H3,(H,33,34,36)/b26-19-. The van der Waals surface area contributed by atoms with Crippen molar-refractivity contribution in [1.29, 1.82) is 0 Å². The number of pyridine rings is 1. The molecule has 0 saturated carbocycles. The zero-order valence-electron chi connectivity index (χ0n) is 21.6. The highest BCUT2D eigenvalue weighted by molar-refractivity contribution is 5.98. The Kier molecular flexibility index (Phi) is 5.63. The second kappa shape index (κ2) is 9.00. The first-order chi connectivity index (χ1) is 17.9. The third kappa shape index (κ3) is 4.00. The van der Waals surface area contributed by atoms with Gasteiger partial charge in [-0.2, -0.15) is 0 Å². The first-order valence-corrected chi connectivity index (χ1v) is 12.7. The first kappa shape index (κ1) is 23.2. The number of H-pyrrole nitrogens is 1. The molecule has 0 spiro atoms. The van der Waals surface area contributed by atoms with E-state index in [1.54, 1.807) is 0 Å². The molecule has 0 bridgehead atoms. The number of aromatic nitrogens is 5. The Morgan fingerprint density at radius 3 is 2.59 bits per heavy atom. The molecule has 0 saturated heterocycles. The van der Waals surface area contributed by atoms with E-state index in [9.17, 15) is 4.79 Å². The normalized spacial score (nSPS) is 14.4. The molecule has 186 valence electrons. The van der Waals surface area contributed by atoms with Crippen LogP contribution in [0.3, 0.4) is 0 Å². The van der Waals surface area contributed by atoms with Crippen molar-refractivity contribution in [3.63, 3.8) is 0 Å². The lowest BCUT2D eigenvalue weighted by molar-refractivity contribution is 0.385. The maximum atomic E-state index is 11.7. The Hall–Kier alpha value is -4.26. The number of nitrogens with one attached hydrogen (secondary N) is 1. The lowest BCUT2D eigenvalue weighted by Crippen LogP contribution is -2.07. The quantitative estimate of drug-likeness (QED) is 0.363. The fourth-order valence-electron chi connectivity index (χ4n) is 5.57. The van der Waals surface area contributed by atoms with Gasteiger partial charge in [0.05, 0.1) is 6.54 Å². The second-order valence-corrected chi connectivity index (χ2v) is 9.81. The zero-order chi connectivity index (χ0) is 25.7. The Morgan fingerprint density at radius 1 is 1.03 bits per heavy atom. The maximum Gasteiger partial charge on any atom is 0.439 e. The third-order valence-corrected chi connectivity index (χ3v) is 7.32. The SMILES string of the molecule is CCc1nc2c(C)cc(C)nc2n1Cc1ccc2c(c1)CCc1ccccc1/C2=C(\C)c1noc(=O)[nH]1. The van der Waals surface area contributed by atoms with Gasteiger partial charge in [-0.05, 0) is 78.6 Å². The minimum Gasteiger partial charge on any atom is -0.308 e. The van der Waals surface area contributed by atoms with Gasteiger partial charge < -0.3 is 4.57 Å². The average molecular weight is 492 g/mol. The molecule has 7 heteroatoms. The van der Waals surface area contributed by atoms with E-state index in [-0.39, 0.29) is 0 Å². The van der Waals surface area contributed by atoms with Gasteiger partial charge in [-0.15, -0.1) is 0 Å². The van der Waals surface area contributed by atoms with E-state index in [1.165, 1.54) is 22.3 Å². The molecule has 3 aromatic heterocycles. The molecule has 1 aliphatic rings. The van der Waals surface area contributed by atoms with E-state index >= 15 is 0 Å². The number of hydrogen-bond acceptors (Lipinski definition) is 5. The van der Waals surface area contributed by atoms with Crippen molar-refractivity contribution in [3.05, 3.63) is 110 Å². The number of benzene rings is 2. The molecule has 7 nitrogen and oxygen atoms in total. The number of fused-ring (bicyclic) bond motifs is 3. The van der Waals surface area contributed by atoms with Crippen LogP contribution in [0.5, 0.6) is 0 Å². The molecule has 37 heavy (non-hydrogen) atoms. The van der Waals surface area contributed by atoms with Crippen LogP contribution in [0.2, 0.25) is 0 Å². The summed E-state index contributed by atoms with van der Waals surface area (Å²) in [6, 6.07) is 17.3. The van der Waals surface area contributed by atoms with E-state index in [2.05, 4.69) is 77.1 Å². The summed E-state index contributed by atoms with van der Waals surface area (Å²) in [4.78, 5) is 24.2. The number of rotatable bonds is 4. The topological polar surface area (TPSA) is 89.6 Å². The number of allylic oxidation sites excluding steroid dienone is 1. The van der Waals surface area contributed by atoms with Crippen LogP contribution < -0.4 is 5.76 Å². The van der Waals surface area contributed by atoms with Crippen molar-refractivity contribution in [2.24, 2.45) is 0 Å². The van der Waals surface area contributed by atoms with Gasteiger partial charge in [0.1, 0.15) is 11.3 Å². The van der Waals surface area contributed by atoms with Crippen molar-refractivity contribution in [3.8, 4) is 0 Å². The highest BCUT2D eigenvalue weighted by Crippen LogP contribution is 2.38. The van der Waals surface area contributed by atoms with Crippen molar-refractivity contribution in [2.75, 3.05) is 0 Å². The van der Waals surface area contributed by atoms with Crippen molar-refractivity contribution < 1.29 is 4.52 Å². The second-order valence-electron chi connectivity index (χ2n) is 9.81. The van der Waals surface area contributed by atoms with Crippen molar-refractivity contribution >= 4 is 22.3 Å². The number of nitrogens with zero attached hydrogens (tertiary/aromatic N) is 4. The highest BCUT2D eigenvalue weighted by Gasteiger charge is 2.23. The maximum absolute atomic E-state index is 11.7. The summed E-state index contributed by atoms with van der Waals surface area (Å²) in [5.74, 6) is 0.955. The number of hydrogen-bond donors (Lipinski definition) is 1. The lowest BCUT2D eigenvalue weighted by Gasteiger charge is -2.16. The Morgan fingerprint density at radius 2 is 1.81 bits per heavy atom. The van der Waals surface area contributed by atoms with Crippen LogP contribution in [0.1, 0.15) is 64.6 Å². The number of aryl methyl sites for hydroxylation is 5. The van der Waals surface area contributed by atoms with E-state index < -0.39 is 5.76 Å². The minimum atomic E-state index is -0.550. The van der Waals surface area contributed by atoms with Gasteiger partial charge in [0.2, 0.25) is 0 Å². The summed E-state index contributed by atoms with van der Waals surface area (Å²) in [7, 11) is 0. The molecule has 2 aromatic carbocycles. The summed E-state index contributed by atoms with van der Waals surface area (Å²) in [6.45, 7) is 8.98. The smallest absolute Gasteiger partial charge is 0.308 e. The molecule has 0 unspecified atom stereocenters. The van der Waals surface area contributed by atoms with Crippen LogP contribution in [0.4, 0.5) is 0 Å². The first-order valence-electron chi connectivity index (χ1n) is 12.7. The van der Waals surface area contributed by atoms with Crippen LogP contribution in [0.15, 0.2) is 57.8 Å². The predicted octanol–water partition coefficient (Wildman–Crippen LogP) is 5.41. The zero-order valence-corrected chi connectivity index (χ0v) is 21.6. The van der Waals surface area contributed by atoms with Gasteiger partial charge >= 0.3 is 5.76 Å². The molecule has 1 N–H and O–H groups in total. The van der Waals surface area contributed by atoms with Crippen LogP contribution in [0, 0.1) is 13.8 Å². The molecule has 0 radical (unpaired) electrons. The number of imidazole rings is 1. The fourth-order valence-corrected chi connectivity index (χ4v) is 5.57. The average Bonchev–Trinajstić information content (AvgIpc) is 3.43. The molecule has 6 rings (SSSR count). The van der Waals surface area contributed by atoms with E-state index in [4.69, 9.17) is 14.5 Å². The molecule has 0 atom stereocenters. The fraction of sp³-hybridized carbons (Fsp3) is 0.267. The van der Waals surface area contributed by atoms with Crippen LogP contribution >= 0.6 is 0 Å². The van der Waals surface area contributed by atoms with Gasteiger partial charge in [0, 0.05) is 17.7 Å². The molecule has 3 heterocycles. The van der Waals surface area contributed by atoms with E-state index in [1.807, 2.05) is 13.8 Å². The van der Waals surface area contributed by atoms with Gasteiger partial charge in [0.15, 0.2) is 11.5 Å². The predicted molar refractivity (Wildman–Crippen MR) is 144 cm³/mol. The van der Waals surface area contributed by atoms with Crippen LogP contribution in [0.25, 0.3) is 22.3 Å². The largest absolute Gasteiger partial charge is 0.439 e. The summed E-state index contributed by atoms with van der Waals surface area (Å²) in [5, 5.41) is 3.98. The molecule has 5 aromatic rings. The summed E-state index contributed by atoms with van der Waals surface area (Å²) in [6.07, 6.45) is 2.71. The Labute approximate surface area is 214 Å². The molecule has 0 amide bonds. The Bertz CT molecular complexity index is 1750. The monoisotopic (exact) mass is 491 g/mol. The summed E-state index contributed by atoms with van der Waals surface area (Å²) < 4.78 is 7.08. The Balaban J connectivity index is 1.49. The third-order valence-electron chi connectivity index (χ3n) is 7.32. The molecule has 0 fully saturated rings. The van der Waals surface area contributed by atoms with Crippen molar-refractivity contribution in [2.45, 2.75) is 53.5 Å². The molecular formula is C30H29N5O2. The van der Waals surface area contributed by atoms with Gasteiger partial charge in [0.25, 0.3) is 0 Å². The molecule has 1 aliphatic carbocycles. The van der Waals surface area contributed by atoms with Crippen LogP contribution in [-0.4, -0.2) is 24.7 Å². The van der Waals surface area contributed by atoms with Crippen molar-refractivity contribution in [1.82, 2.24) is 24.7 Å². The molecular weight excluding hydrogens is 462 g/mol. The van der Waals surface area contributed by atoms with Crippen LogP contribution in [-0.2, 0) is 25.8 Å². The highest BCUT2D eigenvalue weighted by atomic mass is 16.5. The number of aromatic amines is 1. The van der Waals surface area contributed by atoms with E-state index in [0.717, 1.165) is 64.2 Å². The van der Waals surface area contributed by atoms with Gasteiger partial charge in [-0.25, -0.2) is 14.8 Å². The van der Waals surface area contributed by atoms with Gasteiger partial charge in [-0.1, -0.05) is 54.5 Å². The lowest BCUT2D eigenvalue weighted by atomic mass is 9.89. The van der Waals surface area contributed by atoms with E-state index in [0.29, 0.717) is 12.4 Å². The molecule has 0 aliphatic heterocycles. The van der Waals surface area contributed by atoms with Gasteiger partial charge in [-0.3, -0.25) is 9.51 Å². The summed E-state index contributed by atoms with van der Waals surface area (Å²) >= 11 is 0. The minimum absolute atomic E-state index is 0.459. The summed E-state index contributed by atoms with van der Waals surface area (Å²) in [5.41, 5.74) is 12.2.